The van der Waals surface area contributed by atoms with Gasteiger partial charge < -0.3 is 33.8 Å². The van der Waals surface area contributed by atoms with E-state index in [-0.39, 0.29) is 25.7 Å². The second kappa shape index (κ2) is 66.7. The summed E-state index contributed by atoms with van der Waals surface area (Å²) in [7, 11) is -9.90. The number of phosphoric ester groups is 2. The van der Waals surface area contributed by atoms with E-state index in [1.54, 1.807) is 0 Å². The lowest BCUT2D eigenvalue weighted by atomic mass is 10.0. The number of carbonyl (C=O) groups is 4. The predicted octanol–water partition coefficient (Wildman–Crippen LogP) is 21.1. The zero-order valence-corrected chi connectivity index (χ0v) is 60.6. The van der Waals surface area contributed by atoms with Crippen LogP contribution in [0.25, 0.3) is 0 Å². The number of unbranched alkanes of at least 4 members (excludes halogenated alkanes) is 47. The zero-order chi connectivity index (χ0) is 66.8. The summed E-state index contributed by atoms with van der Waals surface area (Å²) < 4.78 is 68.4. The summed E-state index contributed by atoms with van der Waals surface area (Å²) in [4.78, 5) is 72.6. The third-order valence-electron chi connectivity index (χ3n) is 16.9. The Kier molecular flexibility index (Phi) is 65.2. The van der Waals surface area contributed by atoms with Crippen molar-refractivity contribution in [1.82, 2.24) is 0 Å². The highest BCUT2D eigenvalue weighted by atomic mass is 31.2. The molecule has 0 aromatic rings. The number of rotatable bonds is 73. The molecule has 0 heterocycles. The van der Waals surface area contributed by atoms with E-state index in [9.17, 15) is 43.2 Å². The molecule has 2 unspecified atom stereocenters. The van der Waals surface area contributed by atoms with E-state index in [2.05, 4.69) is 27.7 Å². The largest absolute Gasteiger partial charge is 0.472 e. The van der Waals surface area contributed by atoms with Crippen molar-refractivity contribution in [3.05, 3.63) is 0 Å². The van der Waals surface area contributed by atoms with Crippen molar-refractivity contribution in [3.8, 4) is 0 Å². The van der Waals surface area contributed by atoms with Crippen molar-refractivity contribution in [3.63, 3.8) is 0 Å². The van der Waals surface area contributed by atoms with Crippen LogP contribution in [0.2, 0.25) is 0 Å². The number of aliphatic hydroxyl groups excluding tert-OH is 1. The van der Waals surface area contributed by atoms with Crippen molar-refractivity contribution in [2.75, 3.05) is 39.6 Å². The van der Waals surface area contributed by atoms with Crippen LogP contribution in [0.15, 0.2) is 0 Å². The second-order valence-corrected chi connectivity index (χ2v) is 28.9. The minimum absolute atomic E-state index is 0.109. The van der Waals surface area contributed by atoms with Gasteiger partial charge in [0, 0.05) is 25.7 Å². The lowest BCUT2D eigenvalue weighted by Crippen LogP contribution is -2.30. The highest BCUT2D eigenvalue weighted by Gasteiger charge is 2.30. The number of ether oxygens (including phenoxy) is 4. The molecule has 0 amide bonds. The summed E-state index contributed by atoms with van der Waals surface area (Å²) in [6.07, 6.45) is 55.3. The molecular formula is C72H140O17P2. The molecule has 0 aromatic carbocycles. The van der Waals surface area contributed by atoms with Crippen LogP contribution in [0.4, 0.5) is 0 Å². The lowest BCUT2D eigenvalue weighted by Gasteiger charge is -2.21. The monoisotopic (exact) mass is 1340 g/mol. The van der Waals surface area contributed by atoms with Gasteiger partial charge in [-0.2, -0.15) is 0 Å². The van der Waals surface area contributed by atoms with E-state index in [0.29, 0.717) is 25.7 Å². The minimum atomic E-state index is -4.95. The number of hydrogen-bond donors (Lipinski definition) is 3. The maximum atomic E-state index is 13.0. The second-order valence-electron chi connectivity index (χ2n) is 26.0. The van der Waals surface area contributed by atoms with Gasteiger partial charge in [0.2, 0.25) is 0 Å². The molecule has 0 fully saturated rings. The third kappa shape index (κ3) is 66.5. The number of carbonyl (C=O) groups excluding carboxylic acids is 4. The van der Waals surface area contributed by atoms with E-state index < -0.39 is 97.5 Å². The van der Waals surface area contributed by atoms with Crippen molar-refractivity contribution in [1.29, 1.82) is 0 Å². The molecule has 0 radical (unpaired) electrons. The number of aliphatic hydroxyl groups is 1. The van der Waals surface area contributed by atoms with Crippen molar-refractivity contribution >= 4 is 39.5 Å². The average Bonchev–Trinajstić information content (AvgIpc) is 3.31. The van der Waals surface area contributed by atoms with Crippen LogP contribution in [0, 0.1) is 0 Å². The number of hydrogen-bond acceptors (Lipinski definition) is 15. The van der Waals surface area contributed by atoms with Gasteiger partial charge in [0.15, 0.2) is 12.2 Å². The van der Waals surface area contributed by atoms with E-state index in [0.717, 1.165) is 89.9 Å². The topological polar surface area (TPSA) is 237 Å². The Morgan fingerprint density at radius 2 is 0.440 bits per heavy atom. The highest BCUT2D eigenvalue weighted by Crippen LogP contribution is 2.45. The van der Waals surface area contributed by atoms with Gasteiger partial charge in [0.1, 0.15) is 19.3 Å². The minimum Gasteiger partial charge on any atom is -0.462 e. The molecular weight excluding hydrogens is 1200 g/mol. The summed E-state index contributed by atoms with van der Waals surface area (Å²) in [5.41, 5.74) is 0. The Bertz CT molecular complexity index is 1740. The fourth-order valence-corrected chi connectivity index (χ4v) is 12.6. The quantitative estimate of drug-likeness (QED) is 0.0222. The lowest BCUT2D eigenvalue weighted by molar-refractivity contribution is -0.161. The van der Waals surface area contributed by atoms with Gasteiger partial charge in [-0.25, -0.2) is 9.13 Å². The summed E-state index contributed by atoms with van der Waals surface area (Å²) in [6.45, 7) is 4.96. The molecule has 5 atom stereocenters. The van der Waals surface area contributed by atoms with E-state index in [1.807, 2.05) is 0 Å². The molecule has 540 valence electrons. The van der Waals surface area contributed by atoms with Crippen molar-refractivity contribution < 1.29 is 80.2 Å². The fourth-order valence-electron chi connectivity index (χ4n) is 11.0. The maximum absolute atomic E-state index is 13.0. The summed E-state index contributed by atoms with van der Waals surface area (Å²) in [6, 6.07) is 0. The SMILES string of the molecule is CCCCCCCCCCCCCCCCCC(=O)O[C@H](COC(=O)CCCCCCCCCCCC)COP(=O)(O)OC[C@@H](O)COP(=O)(O)OC[C@@H](COC(=O)CCCCCCCCCCCCC)OC(=O)CCCCCCCCCCCCCCCCC. The Labute approximate surface area is 556 Å². The first-order chi connectivity index (χ1) is 44.2. The van der Waals surface area contributed by atoms with Crippen molar-refractivity contribution in [2.45, 2.75) is 399 Å². The average molecular weight is 1340 g/mol. The van der Waals surface area contributed by atoms with Gasteiger partial charge in [-0.15, -0.1) is 0 Å². The smallest absolute Gasteiger partial charge is 0.462 e. The summed E-state index contributed by atoms with van der Waals surface area (Å²) >= 11 is 0. The van der Waals surface area contributed by atoms with Crippen LogP contribution >= 0.6 is 15.6 Å². The molecule has 0 aliphatic carbocycles. The molecule has 0 aliphatic rings. The van der Waals surface area contributed by atoms with Crippen molar-refractivity contribution in [2.24, 2.45) is 0 Å². The van der Waals surface area contributed by atoms with Crippen LogP contribution in [0.5, 0.6) is 0 Å². The summed E-state index contributed by atoms with van der Waals surface area (Å²) in [5, 5.41) is 10.6. The van der Waals surface area contributed by atoms with Gasteiger partial charge in [0.25, 0.3) is 0 Å². The van der Waals surface area contributed by atoms with Crippen LogP contribution in [-0.4, -0.2) is 96.7 Å². The van der Waals surface area contributed by atoms with E-state index in [4.69, 9.17) is 37.0 Å². The Morgan fingerprint density at radius 1 is 0.264 bits per heavy atom. The Hall–Kier alpha value is -1.94. The highest BCUT2D eigenvalue weighted by molar-refractivity contribution is 7.47. The number of esters is 4. The molecule has 0 spiro atoms. The molecule has 17 nitrogen and oxygen atoms in total. The first-order valence-electron chi connectivity index (χ1n) is 37.8. The maximum Gasteiger partial charge on any atom is 0.472 e. The Balaban J connectivity index is 5.23. The van der Waals surface area contributed by atoms with Crippen LogP contribution in [0.1, 0.15) is 381 Å². The molecule has 0 aromatic heterocycles. The summed E-state index contributed by atoms with van der Waals surface area (Å²) in [5.74, 6) is -2.12. The zero-order valence-electron chi connectivity index (χ0n) is 58.8. The van der Waals surface area contributed by atoms with E-state index in [1.165, 1.54) is 212 Å². The molecule has 0 saturated carbocycles. The molecule has 3 N–H and O–H groups in total. The van der Waals surface area contributed by atoms with Gasteiger partial charge in [0.05, 0.1) is 26.4 Å². The number of phosphoric acid groups is 2. The normalized spacial score (nSPS) is 14.0. The molecule has 91 heavy (non-hydrogen) atoms. The van der Waals surface area contributed by atoms with Gasteiger partial charge in [-0.05, 0) is 25.7 Å². The molecule has 0 rings (SSSR count). The first kappa shape index (κ1) is 89.1. The fraction of sp³-hybridized carbons (Fsp3) is 0.944. The van der Waals surface area contributed by atoms with Crippen LogP contribution in [-0.2, 0) is 65.4 Å². The van der Waals surface area contributed by atoms with Gasteiger partial charge in [-0.1, -0.05) is 329 Å². The predicted molar refractivity (Wildman–Crippen MR) is 368 cm³/mol. The van der Waals surface area contributed by atoms with Gasteiger partial charge in [-0.3, -0.25) is 37.3 Å². The van der Waals surface area contributed by atoms with Gasteiger partial charge >= 0.3 is 39.5 Å². The van der Waals surface area contributed by atoms with E-state index >= 15 is 0 Å². The third-order valence-corrected chi connectivity index (χ3v) is 18.8. The Morgan fingerprint density at radius 3 is 0.648 bits per heavy atom. The molecule has 0 saturated heterocycles. The molecule has 19 heteroatoms. The van der Waals surface area contributed by atoms with Crippen LogP contribution < -0.4 is 0 Å². The van der Waals surface area contributed by atoms with Crippen LogP contribution in [0.3, 0.4) is 0 Å². The molecule has 0 aliphatic heterocycles. The molecule has 0 bridgehead atoms. The first-order valence-corrected chi connectivity index (χ1v) is 40.8. The standard InChI is InChI=1S/C72H140O17P2/c1-5-9-13-17-21-25-29-31-33-35-38-42-46-50-54-58-71(76)88-67(62-82-69(74)56-52-48-44-40-28-24-20-16-12-8-4)64-86-90(78,79)84-60-66(73)61-85-91(80,81)87-65-68(63-83-70(75)57-53-49-45-41-37-27-23-19-15-11-7-3)89-72(77)59-55-51-47-43-39-36-34-32-30-26-22-18-14-10-6-2/h66-68,73H,5-65H2,1-4H3,(H,78,79)(H,80,81)/t66-,67-,68-/m1/s1.